The van der Waals surface area contributed by atoms with Crippen molar-refractivity contribution in [1.29, 1.82) is 0 Å². The van der Waals surface area contributed by atoms with Gasteiger partial charge in [-0.25, -0.2) is 0 Å². The van der Waals surface area contributed by atoms with Crippen LogP contribution in [-0.2, 0) is 19.1 Å². The Morgan fingerprint density at radius 3 is 2.44 bits per heavy atom. The first-order valence-electron chi connectivity index (χ1n) is 10.8. The largest absolute Gasteiger partial charge is 0.496 e. The zero-order valence-corrected chi connectivity index (χ0v) is 20.6. The molecule has 0 fully saturated rings. The highest BCUT2D eigenvalue weighted by Gasteiger charge is 2.42. The summed E-state index contributed by atoms with van der Waals surface area (Å²) >= 11 is 6.36. The number of fused-ring (bicyclic) bond motifs is 1. The van der Waals surface area contributed by atoms with Gasteiger partial charge >= 0.3 is 5.97 Å². The zero-order valence-electron chi connectivity index (χ0n) is 19.9. The Hall–Kier alpha value is -3.10. The minimum atomic E-state index is -1.47. The van der Waals surface area contributed by atoms with E-state index in [0.29, 0.717) is 34.1 Å². The van der Waals surface area contributed by atoms with Gasteiger partial charge in [-0.3, -0.25) is 19.3 Å². The van der Waals surface area contributed by atoms with Crippen LogP contribution in [0, 0.1) is 5.41 Å². The SMILES string of the molecule is COc1ccccc1[C@@H]1O[C@@H](N(CC(=O)O)C(C)=O)C(=O)N(CC(C)(C)C)c2ccc(Cl)cc21. The van der Waals surface area contributed by atoms with Gasteiger partial charge in [0, 0.05) is 29.6 Å². The van der Waals surface area contributed by atoms with Gasteiger partial charge in [-0.05, 0) is 29.7 Å². The van der Waals surface area contributed by atoms with E-state index in [-0.39, 0.29) is 5.41 Å². The minimum Gasteiger partial charge on any atom is -0.496 e. The lowest BCUT2D eigenvalue weighted by molar-refractivity contribution is -0.165. The van der Waals surface area contributed by atoms with Crippen molar-refractivity contribution in [2.24, 2.45) is 5.41 Å². The Morgan fingerprint density at radius 1 is 1.18 bits per heavy atom. The lowest BCUT2D eigenvalue weighted by atomic mass is 9.94. The van der Waals surface area contributed by atoms with Crippen molar-refractivity contribution in [3.05, 3.63) is 58.6 Å². The van der Waals surface area contributed by atoms with Gasteiger partial charge < -0.3 is 19.5 Å². The van der Waals surface area contributed by atoms with Crippen molar-refractivity contribution in [2.45, 2.75) is 40.0 Å². The van der Waals surface area contributed by atoms with Crippen LogP contribution in [0.2, 0.25) is 5.02 Å². The Balaban J connectivity index is 2.29. The van der Waals surface area contributed by atoms with Crippen molar-refractivity contribution in [1.82, 2.24) is 4.90 Å². The van der Waals surface area contributed by atoms with Crippen LogP contribution in [0.3, 0.4) is 0 Å². The van der Waals surface area contributed by atoms with E-state index in [2.05, 4.69) is 0 Å². The fourth-order valence-corrected chi connectivity index (χ4v) is 4.15. The van der Waals surface area contributed by atoms with E-state index in [9.17, 15) is 19.5 Å². The molecule has 0 aliphatic carbocycles. The molecule has 2 atom stereocenters. The second-order valence-corrected chi connectivity index (χ2v) is 9.78. The first kappa shape index (κ1) is 25.5. The first-order valence-corrected chi connectivity index (χ1v) is 11.2. The average Bonchev–Trinajstić information content (AvgIpc) is 2.86. The highest BCUT2D eigenvalue weighted by Crippen LogP contribution is 2.43. The Kier molecular flexibility index (Phi) is 7.53. The molecule has 0 spiro atoms. The molecular weight excluding hydrogens is 460 g/mol. The van der Waals surface area contributed by atoms with Gasteiger partial charge in [-0.1, -0.05) is 50.6 Å². The first-order chi connectivity index (χ1) is 15.9. The van der Waals surface area contributed by atoms with Crippen LogP contribution < -0.4 is 9.64 Å². The van der Waals surface area contributed by atoms with E-state index in [4.69, 9.17) is 21.1 Å². The summed E-state index contributed by atoms with van der Waals surface area (Å²) in [4.78, 5) is 40.4. The molecule has 1 heterocycles. The molecule has 1 aliphatic rings. The number of methoxy groups -OCH3 is 1. The van der Waals surface area contributed by atoms with Crippen molar-refractivity contribution in [2.75, 3.05) is 25.1 Å². The molecule has 0 bridgehead atoms. The van der Waals surface area contributed by atoms with E-state index < -0.39 is 36.7 Å². The van der Waals surface area contributed by atoms with Crippen LogP contribution in [0.5, 0.6) is 5.75 Å². The third kappa shape index (κ3) is 5.51. The third-order valence-electron chi connectivity index (χ3n) is 5.35. The predicted octanol–water partition coefficient (Wildman–Crippen LogP) is 4.11. The van der Waals surface area contributed by atoms with Crippen molar-refractivity contribution < 1.29 is 29.0 Å². The number of halogens is 1. The minimum absolute atomic E-state index is 0.303. The number of amides is 2. The number of carboxylic acid groups (broad SMARTS) is 1. The molecule has 0 radical (unpaired) electrons. The average molecular weight is 489 g/mol. The maximum Gasteiger partial charge on any atom is 0.323 e. The zero-order chi connectivity index (χ0) is 25.2. The van der Waals surface area contributed by atoms with E-state index >= 15 is 0 Å². The van der Waals surface area contributed by atoms with Crippen LogP contribution in [0.25, 0.3) is 0 Å². The van der Waals surface area contributed by atoms with Gasteiger partial charge in [0.15, 0.2) is 0 Å². The number of carboxylic acids is 1. The molecule has 0 saturated heterocycles. The molecule has 1 aliphatic heterocycles. The number of rotatable bonds is 6. The van der Waals surface area contributed by atoms with Gasteiger partial charge in [-0.2, -0.15) is 0 Å². The number of anilines is 1. The molecule has 1 N–H and O–H groups in total. The van der Waals surface area contributed by atoms with Crippen molar-refractivity contribution in [3.63, 3.8) is 0 Å². The summed E-state index contributed by atoms with van der Waals surface area (Å²) in [6.07, 6.45) is -2.34. The van der Waals surface area contributed by atoms with Crippen molar-refractivity contribution in [3.8, 4) is 5.75 Å². The van der Waals surface area contributed by atoms with Crippen LogP contribution >= 0.6 is 11.6 Å². The molecule has 3 rings (SSSR count). The van der Waals surface area contributed by atoms with Gasteiger partial charge in [0.05, 0.1) is 12.8 Å². The van der Waals surface area contributed by atoms with Crippen LogP contribution in [0.15, 0.2) is 42.5 Å². The summed E-state index contributed by atoms with van der Waals surface area (Å²) < 4.78 is 11.9. The lowest BCUT2D eigenvalue weighted by Gasteiger charge is -2.34. The number of carbonyl (C=O) groups excluding carboxylic acids is 2. The summed E-state index contributed by atoms with van der Waals surface area (Å²) in [5, 5.41) is 9.88. The number of nitrogens with zero attached hydrogens (tertiary/aromatic N) is 2. The highest BCUT2D eigenvalue weighted by atomic mass is 35.5. The number of carbonyl (C=O) groups is 3. The van der Waals surface area contributed by atoms with E-state index in [1.165, 1.54) is 14.0 Å². The summed E-state index contributed by atoms with van der Waals surface area (Å²) in [6.45, 7) is 6.76. The molecule has 182 valence electrons. The Morgan fingerprint density at radius 2 is 1.85 bits per heavy atom. The number of para-hydroxylation sites is 1. The molecular formula is C25H29ClN2O6. The fourth-order valence-electron chi connectivity index (χ4n) is 3.97. The molecule has 0 unspecified atom stereocenters. The molecule has 0 saturated carbocycles. The number of hydrogen-bond donors (Lipinski definition) is 1. The molecule has 2 amide bonds. The number of benzene rings is 2. The standard InChI is InChI=1S/C25H29ClN2O6/c1-15(29)27(13-21(30)31)24-23(32)28(14-25(2,3)4)19-11-10-16(26)12-18(19)22(34-24)17-8-6-7-9-20(17)33-5/h6-12,22,24H,13-14H2,1-5H3,(H,30,31)/t22-,24+/m0/s1. The Bertz CT molecular complexity index is 1100. The summed E-state index contributed by atoms with van der Waals surface area (Å²) in [5.74, 6) is -1.87. The second-order valence-electron chi connectivity index (χ2n) is 9.34. The van der Waals surface area contributed by atoms with Gasteiger partial charge in [0.25, 0.3) is 5.91 Å². The molecule has 2 aromatic carbocycles. The van der Waals surface area contributed by atoms with Crippen LogP contribution in [0.4, 0.5) is 5.69 Å². The van der Waals surface area contributed by atoms with Gasteiger partial charge in [-0.15, -0.1) is 0 Å². The maximum absolute atomic E-state index is 13.9. The summed E-state index contributed by atoms with van der Waals surface area (Å²) in [7, 11) is 1.52. The summed E-state index contributed by atoms with van der Waals surface area (Å²) in [5.41, 5.74) is 1.48. The van der Waals surface area contributed by atoms with E-state index in [1.54, 1.807) is 47.4 Å². The third-order valence-corrected chi connectivity index (χ3v) is 5.59. The number of hydrogen-bond acceptors (Lipinski definition) is 5. The Labute approximate surface area is 204 Å². The van der Waals surface area contributed by atoms with Gasteiger partial charge in [0.2, 0.25) is 12.1 Å². The summed E-state index contributed by atoms with van der Waals surface area (Å²) in [6, 6.07) is 12.3. The smallest absolute Gasteiger partial charge is 0.323 e. The van der Waals surface area contributed by atoms with Crippen molar-refractivity contribution >= 4 is 35.1 Å². The van der Waals surface area contributed by atoms with E-state index in [0.717, 1.165) is 4.90 Å². The monoisotopic (exact) mass is 488 g/mol. The normalized spacial score (nSPS) is 18.2. The van der Waals surface area contributed by atoms with Gasteiger partial charge in [0.1, 0.15) is 18.4 Å². The quantitative estimate of drug-likeness (QED) is 0.657. The van der Waals surface area contributed by atoms with Crippen LogP contribution in [-0.4, -0.2) is 54.2 Å². The molecule has 2 aromatic rings. The molecule has 8 nitrogen and oxygen atoms in total. The number of ether oxygens (including phenoxy) is 2. The second kappa shape index (κ2) is 10.0. The molecule has 9 heteroatoms. The van der Waals surface area contributed by atoms with E-state index in [1.807, 2.05) is 20.8 Å². The topological polar surface area (TPSA) is 96.4 Å². The lowest BCUT2D eigenvalue weighted by Crippen LogP contribution is -2.54. The molecule has 0 aromatic heterocycles. The predicted molar refractivity (Wildman–Crippen MR) is 128 cm³/mol. The van der Waals surface area contributed by atoms with Crippen LogP contribution in [0.1, 0.15) is 44.9 Å². The highest BCUT2D eigenvalue weighted by molar-refractivity contribution is 6.30. The molecule has 34 heavy (non-hydrogen) atoms. The number of aliphatic carboxylic acids is 1. The fraction of sp³-hybridized carbons (Fsp3) is 0.400. The maximum atomic E-state index is 13.9.